The molecule has 0 radical (unpaired) electrons. The molecule has 10 heavy (non-hydrogen) atoms. The standard InChI is InChI=1S/C6H4BrF2N/c7-5-3-4(6(8)9)1-2-10-5/h1-3,6H. The summed E-state index contributed by atoms with van der Waals surface area (Å²) in [6, 6.07) is 2.58. The van der Waals surface area contributed by atoms with E-state index in [1.54, 1.807) is 0 Å². The van der Waals surface area contributed by atoms with Crippen LogP contribution in [0.15, 0.2) is 22.9 Å². The van der Waals surface area contributed by atoms with Gasteiger partial charge in [0.25, 0.3) is 6.43 Å². The Labute approximate surface area is 65.2 Å². The molecule has 0 spiro atoms. The molecular formula is C6H4BrF2N. The fraction of sp³-hybridized carbons (Fsp3) is 0.167. The van der Waals surface area contributed by atoms with E-state index in [0.29, 0.717) is 4.60 Å². The maximum atomic E-state index is 11.9. The second-order valence-electron chi connectivity index (χ2n) is 1.71. The molecule has 0 saturated carbocycles. The van der Waals surface area contributed by atoms with Gasteiger partial charge in [-0.15, -0.1) is 0 Å². The van der Waals surface area contributed by atoms with Gasteiger partial charge in [-0.05, 0) is 28.1 Å². The number of hydrogen-bond donors (Lipinski definition) is 0. The third-order valence-corrected chi connectivity index (χ3v) is 1.44. The summed E-state index contributed by atoms with van der Waals surface area (Å²) in [6.07, 6.45) is -1.08. The van der Waals surface area contributed by atoms with E-state index in [4.69, 9.17) is 0 Å². The molecule has 0 aromatic carbocycles. The second-order valence-corrected chi connectivity index (χ2v) is 2.53. The monoisotopic (exact) mass is 207 g/mol. The molecule has 0 aliphatic carbocycles. The van der Waals surface area contributed by atoms with Crippen molar-refractivity contribution in [1.82, 2.24) is 4.98 Å². The van der Waals surface area contributed by atoms with Gasteiger partial charge in [-0.25, -0.2) is 13.8 Å². The first-order valence-corrected chi connectivity index (χ1v) is 3.39. The van der Waals surface area contributed by atoms with E-state index >= 15 is 0 Å². The molecule has 0 aliphatic rings. The Morgan fingerprint density at radius 2 is 2.20 bits per heavy atom. The van der Waals surface area contributed by atoms with Gasteiger partial charge in [0.1, 0.15) is 4.60 Å². The summed E-state index contributed by atoms with van der Waals surface area (Å²) in [5.74, 6) is 0. The summed E-state index contributed by atoms with van der Waals surface area (Å²) in [4.78, 5) is 3.71. The van der Waals surface area contributed by atoms with Gasteiger partial charge < -0.3 is 0 Å². The quantitative estimate of drug-likeness (QED) is 0.646. The van der Waals surface area contributed by atoms with E-state index in [1.165, 1.54) is 18.3 Å². The Kier molecular flexibility index (Phi) is 2.32. The highest BCUT2D eigenvalue weighted by Crippen LogP contribution is 2.19. The van der Waals surface area contributed by atoms with Crippen LogP contribution in [0.5, 0.6) is 0 Å². The van der Waals surface area contributed by atoms with Crippen LogP contribution in [0.4, 0.5) is 8.78 Å². The zero-order valence-electron chi connectivity index (χ0n) is 4.89. The van der Waals surface area contributed by atoms with Crippen molar-refractivity contribution in [2.45, 2.75) is 6.43 Å². The minimum Gasteiger partial charge on any atom is -0.249 e. The molecule has 1 nitrogen and oxygen atoms in total. The van der Waals surface area contributed by atoms with Crippen LogP contribution in [0.3, 0.4) is 0 Å². The minimum atomic E-state index is -2.42. The van der Waals surface area contributed by atoms with Crippen LogP contribution < -0.4 is 0 Å². The van der Waals surface area contributed by atoms with Crippen molar-refractivity contribution in [2.75, 3.05) is 0 Å². The van der Waals surface area contributed by atoms with Gasteiger partial charge in [0.2, 0.25) is 0 Å². The van der Waals surface area contributed by atoms with E-state index in [2.05, 4.69) is 20.9 Å². The number of aromatic nitrogens is 1. The van der Waals surface area contributed by atoms with Crippen molar-refractivity contribution in [2.24, 2.45) is 0 Å². The third-order valence-electron chi connectivity index (χ3n) is 1.00. The fourth-order valence-corrected chi connectivity index (χ4v) is 0.936. The maximum absolute atomic E-state index is 11.9. The van der Waals surface area contributed by atoms with Crippen LogP contribution in [0.1, 0.15) is 12.0 Å². The van der Waals surface area contributed by atoms with E-state index in [0.717, 1.165) is 0 Å². The molecule has 0 saturated heterocycles. The maximum Gasteiger partial charge on any atom is 0.263 e. The molecule has 0 amide bonds. The second kappa shape index (κ2) is 3.05. The van der Waals surface area contributed by atoms with Crippen molar-refractivity contribution < 1.29 is 8.78 Å². The van der Waals surface area contributed by atoms with E-state index in [-0.39, 0.29) is 5.56 Å². The van der Waals surface area contributed by atoms with Crippen molar-refractivity contribution in [3.8, 4) is 0 Å². The van der Waals surface area contributed by atoms with Crippen LogP contribution in [0.2, 0.25) is 0 Å². The predicted molar refractivity (Wildman–Crippen MR) is 36.9 cm³/mol. The average Bonchev–Trinajstić information content (AvgIpc) is 1.88. The summed E-state index contributed by atoms with van der Waals surface area (Å²) >= 11 is 2.99. The number of pyridine rings is 1. The predicted octanol–water partition coefficient (Wildman–Crippen LogP) is 2.78. The number of alkyl halides is 2. The van der Waals surface area contributed by atoms with Gasteiger partial charge in [0, 0.05) is 11.8 Å². The molecule has 0 aliphatic heterocycles. The lowest BCUT2D eigenvalue weighted by atomic mass is 10.3. The number of halogens is 3. The van der Waals surface area contributed by atoms with Gasteiger partial charge in [-0.2, -0.15) is 0 Å². The SMILES string of the molecule is FC(F)c1ccnc(Br)c1. The fourth-order valence-electron chi connectivity index (χ4n) is 0.553. The van der Waals surface area contributed by atoms with Crippen LogP contribution in [0, 0.1) is 0 Å². The minimum absolute atomic E-state index is 0.0122. The molecule has 1 rings (SSSR count). The molecule has 0 N–H and O–H groups in total. The molecule has 1 aromatic heterocycles. The highest BCUT2D eigenvalue weighted by Gasteiger charge is 2.05. The molecular weight excluding hydrogens is 204 g/mol. The zero-order valence-corrected chi connectivity index (χ0v) is 6.48. The van der Waals surface area contributed by atoms with Gasteiger partial charge >= 0.3 is 0 Å². The smallest absolute Gasteiger partial charge is 0.249 e. The first-order valence-electron chi connectivity index (χ1n) is 2.60. The van der Waals surface area contributed by atoms with Crippen molar-refractivity contribution in [3.63, 3.8) is 0 Å². The summed E-state index contributed by atoms with van der Waals surface area (Å²) in [7, 11) is 0. The molecule has 4 heteroatoms. The first kappa shape index (κ1) is 7.60. The molecule has 1 aromatic rings. The largest absolute Gasteiger partial charge is 0.263 e. The normalized spacial score (nSPS) is 10.4. The zero-order chi connectivity index (χ0) is 7.56. The Morgan fingerprint density at radius 1 is 1.50 bits per heavy atom. The van der Waals surface area contributed by atoms with Crippen LogP contribution >= 0.6 is 15.9 Å². The number of hydrogen-bond acceptors (Lipinski definition) is 1. The van der Waals surface area contributed by atoms with Crippen molar-refractivity contribution >= 4 is 15.9 Å². The molecule has 0 atom stereocenters. The summed E-state index contributed by atoms with van der Waals surface area (Å²) in [5.41, 5.74) is -0.0122. The van der Waals surface area contributed by atoms with E-state index in [9.17, 15) is 8.78 Å². The Hall–Kier alpha value is -0.510. The lowest BCUT2D eigenvalue weighted by molar-refractivity contribution is 0.151. The molecule has 0 unspecified atom stereocenters. The summed E-state index contributed by atoms with van der Waals surface area (Å²) < 4.78 is 24.2. The van der Waals surface area contributed by atoms with Crippen LogP contribution in [0.25, 0.3) is 0 Å². The number of rotatable bonds is 1. The average molecular weight is 208 g/mol. The van der Waals surface area contributed by atoms with E-state index in [1.807, 2.05) is 0 Å². The van der Waals surface area contributed by atoms with Crippen molar-refractivity contribution in [1.29, 1.82) is 0 Å². The lowest BCUT2D eigenvalue weighted by Gasteiger charge is -1.96. The van der Waals surface area contributed by atoms with Crippen molar-refractivity contribution in [3.05, 3.63) is 28.5 Å². The summed E-state index contributed by atoms with van der Waals surface area (Å²) in [6.45, 7) is 0. The van der Waals surface area contributed by atoms with E-state index < -0.39 is 6.43 Å². The Morgan fingerprint density at radius 3 is 2.60 bits per heavy atom. The van der Waals surface area contributed by atoms with Gasteiger partial charge in [-0.3, -0.25) is 0 Å². The molecule has 1 heterocycles. The topological polar surface area (TPSA) is 12.9 Å². The molecule has 0 fully saturated rings. The Bertz CT molecular complexity index is 227. The molecule has 0 bridgehead atoms. The van der Waals surface area contributed by atoms with Crippen LogP contribution in [-0.4, -0.2) is 4.98 Å². The highest BCUT2D eigenvalue weighted by molar-refractivity contribution is 9.10. The summed E-state index contributed by atoms with van der Waals surface area (Å²) in [5, 5.41) is 0. The molecule has 54 valence electrons. The van der Waals surface area contributed by atoms with Gasteiger partial charge in [0.05, 0.1) is 0 Å². The van der Waals surface area contributed by atoms with Gasteiger partial charge in [0.15, 0.2) is 0 Å². The highest BCUT2D eigenvalue weighted by atomic mass is 79.9. The number of nitrogens with zero attached hydrogens (tertiary/aromatic N) is 1. The lowest BCUT2D eigenvalue weighted by Crippen LogP contribution is -1.84. The van der Waals surface area contributed by atoms with Crippen LogP contribution in [-0.2, 0) is 0 Å². The third kappa shape index (κ3) is 1.73. The van der Waals surface area contributed by atoms with Gasteiger partial charge in [-0.1, -0.05) is 0 Å². The Balaban J connectivity index is 2.96. The first-order chi connectivity index (χ1) is 4.70.